The van der Waals surface area contributed by atoms with Gasteiger partial charge in [0.1, 0.15) is 10.8 Å². The molecule has 1 aliphatic heterocycles. The standard InChI is InChI=1S/C20H21N3O2S/c24-20(16-3-1-10-23(13-16)14-19-21-9-12-26-19)22-17-7-5-15(6-8-17)18-4-2-11-25-18/h2,4-9,11-12,16H,1,3,10,13-14H2,(H,22,24). The molecule has 0 bridgehead atoms. The van der Waals surface area contributed by atoms with Crippen LogP contribution in [0.25, 0.3) is 11.3 Å². The van der Waals surface area contributed by atoms with Gasteiger partial charge in [-0.15, -0.1) is 11.3 Å². The molecule has 1 aromatic carbocycles. The highest BCUT2D eigenvalue weighted by Gasteiger charge is 2.26. The van der Waals surface area contributed by atoms with Crippen molar-refractivity contribution >= 4 is 22.9 Å². The molecule has 1 saturated heterocycles. The van der Waals surface area contributed by atoms with Gasteiger partial charge in [0.2, 0.25) is 5.91 Å². The Morgan fingerprint density at radius 2 is 2.19 bits per heavy atom. The lowest BCUT2D eigenvalue weighted by molar-refractivity contribution is -0.121. The van der Waals surface area contributed by atoms with Crippen molar-refractivity contribution in [3.63, 3.8) is 0 Å². The van der Waals surface area contributed by atoms with Gasteiger partial charge in [0.15, 0.2) is 0 Å². The SMILES string of the molecule is O=C(Nc1ccc(-c2ccco2)cc1)C1CCCN(Cc2nccs2)C1. The van der Waals surface area contributed by atoms with Crippen LogP contribution in [0.4, 0.5) is 5.69 Å². The molecule has 1 amide bonds. The number of nitrogens with zero attached hydrogens (tertiary/aromatic N) is 2. The fraction of sp³-hybridized carbons (Fsp3) is 0.300. The molecule has 1 N–H and O–H groups in total. The second kappa shape index (κ2) is 7.85. The second-order valence-electron chi connectivity index (χ2n) is 6.54. The molecule has 1 fully saturated rings. The normalized spacial score (nSPS) is 17.9. The Hall–Kier alpha value is -2.44. The maximum Gasteiger partial charge on any atom is 0.228 e. The molecule has 1 unspecified atom stereocenters. The molecule has 6 heteroatoms. The van der Waals surface area contributed by atoms with Crippen molar-refractivity contribution in [2.24, 2.45) is 5.92 Å². The topological polar surface area (TPSA) is 58.4 Å². The van der Waals surface area contributed by atoms with E-state index in [2.05, 4.69) is 15.2 Å². The molecule has 0 aliphatic carbocycles. The van der Waals surface area contributed by atoms with Crippen molar-refractivity contribution in [3.8, 4) is 11.3 Å². The number of hydrogen-bond acceptors (Lipinski definition) is 5. The summed E-state index contributed by atoms with van der Waals surface area (Å²) in [6.45, 7) is 2.65. The molecule has 2 aromatic heterocycles. The van der Waals surface area contributed by atoms with Crippen LogP contribution in [0, 0.1) is 5.92 Å². The summed E-state index contributed by atoms with van der Waals surface area (Å²) in [4.78, 5) is 19.3. The highest BCUT2D eigenvalue weighted by molar-refractivity contribution is 7.09. The summed E-state index contributed by atoms with van der Waals surface area (Å²) < 4.78 is 5.39. The largest absolute Gasteiger partial charge is 0.464 e. The van der Waals surface area contributed by atoms with Crippen LogP contribution in [0.1, 0.15) is 17.8 Å². The third kappa shape index (κ3) is 4.03. The van der Waals surface area contributed by atoms with Crippen molar-refractivity contribution in [1.82, 2.24) is 9.88 Å². The molecular weight excluding hydrogens is 346 g/mol. The number of hydrogen-bond donors (Lipinski definition) is 1. The van der Waals surface area contributed by atoms with Crippen molar-refractivity contribution < 1.29 is 9.21 Å². The van der Waals surface area contributed by atoms with Crippen molar-refractivity contribution in [1.29, 1.82) is 0 Å². The van der Waals surface area contributed by atoms with E-state index in [-0.39, 0.29) is 11.8 Å². The number of carbonyl (C=O) groups is 1. The first kappa shape index (κ1) is 17.0. The maximum atomic E-state index is 12.7. The molecule has 0 saturated carbocycles. The number of benzene rings is 1. The third-order valence-corrected chi connectivity index (χ3v) is 5.44. The highest BCUT2D eigenvalue weighted by Crippen LogP contribution is 2.24. The van der Waals surface area contributed by atoms with E-state index in [1.54, 1.807) is 17.6 Å². The Morgan fingerprint density at radius 3 is 2.92 bits per heavy atom. The number of piperidine rings is 1. The van der Waals surface area contributed by atoms with E-state index in [4.69, 9.17) is 4.42 Å². The molecular formula is C20H21N3O2S. The van der Waals surface area contributed by atoms with Crippen LogP contribution in [-0.2, 0) is 11.3 Å². The van der Waals surface area contributed by atoms with Gasteiger partial charge in [0, 0.05) is 29.4 Å². The average molecular weight is 367 g/mol. The smallest absolute Gasteiger partial charge is 0.228 e. The van der Waals surface area contributed by atoms with E-state index in [1.807, 2.05) is 48.0 Å². The minimum atomic E-state index is 0.0217. The van der Waals surface area contributed by atoms with Crippen LogP contribution >= 0.6 is 11.3 Å². The van der Waals surface area contributed by atoms with Crippen LogP contribution < -0.4 is 5.32 Å². The first-order valence-electron chi connectivity index (χ1n) is 8.83. The molecule has 3 aromatic rings. The summed E-state index contributed by atoms with van der Waals surface area (Å²) in [5.41, 5.74) is 1.82. The van der Waals surface area contributed by atoms with Crippen LogP contribution in [-0.4, -0.2) is 28.9 Å². The van der Waals surface area contributed by atoms with Gasteiger partial charge in [-0.2, -0.15) is 0 Å². The molecule has 26 heavy (non-hydrogen) atoms. The molecule has 134 valence electrons. The first-order valence-corrected chi connectivity index (χ1v) is 9.71. The zero-order valence-electron chi connectivity index (χ0n) is 14.4. The predicted octanol–water partition coefficient (Wildman–Crippen LogP) is 4.25. The predicted molar refractivity (Wildman–Crippen MR) is 103 cm³/mol. The van der Waals surface area contributed by atoms with Crippen LogP contribution in [0.3, 0.4) is 0 Å². The van der Waals surface area contributed by atoms with E-state index < -0.39 is 0 Å². The average Bonchev–Trinajstić information content (AvgIpc) is 3.36. The Morgan fingerprint density at radius 1 is 1.31 bits per heavy atom. The Balaban J connectivity index is 1.35. The minimum Gasteiger partial charge on any atom is -0.464 e. The second-order valence-corrected chi connectivity index (χ2v) is 7.52. The van der Waals surface area contributed by atoms with Crippen molar-refractivity contribution in [2.75, 3.05) is 18.4 Å². The molecule has 1 aliphatic rings. The van der Waals surface area contributed by atoms with E-state index >= 15 is 0 Å². The molecule has 4 rings (SSSR count). The fourth-order valence-electron chi connectivity index (χ4n) is 3.34. The van der Waals surface area contributed by atoms with Gasteiger partial charge in [-0.05, 0) is 55.8 Å². The molecule has 1 atom stereocenters. The van der Waals surface area contributed by atoms with Gasteiger partial charge < -0.3 is 9.73 Å². The van der Waals surface area contributed by atoms with Gasteiger partial charge in [0.05, 0.1) is 18.7 Å². The summed E-state index contributed by atoms with van der Waals surface area (Å²) in [5, 5.41) is 6.16. The number of carbonyl (C=O) groups excluding carboxylic acids is 1. The van der Waals surface area contributed by atoms with E-state index in [1.165, 1.54) is 0 Å². The van der Waals surface area contributed by atoms with Crippen LogP contribution in [0.5, 0.6) is 0 Å². The lowest BCUT2D eigenvalue weighted by Crippen LogP contribution is -2.40. The Kier molecular flexibility index (Phi) is 5.13. The summed E-state index contributed by atoms with van der Waals surface area (Å²) in [6, 6.07) is 11.6. The summed E-state index contributed by atoms with van der Waals surface area (Å²) in [6.07, 6.45) is 5.47. The van der Waals surface area contributed by atoms with E-state index in [0.717, 1.165) is 54.5 Å². The summed E-state index contributed by atoms with van der Waals surface area (Å²) in [7, 11) is 0. The fourth-order valence-corrected chi connectivity index (χ4v) is 4.00. The quantitative estimate of drug-likeness (QED) is 0.732. The van der Waals surface area contributed by atoms with E-state index in [9.17, 15) is 4.79 Å². The van der Waals surface area contributed by atoms with Gasteiger partial charge in [-0.3, -0.25) is 9.69 Å². The van der Waals surface area contributed by atoms with Gasteiger partial charge >= 0.3 is 0 Å². The minimum absolute atomic E-state index is 0.0217. The number of aromatic nitrogens is 1. The molecule has 5 nitrogen and oxygen atoms in total. The van der Waals surface area contributed by atoms with Crippen LogP contribution in [0.2, 0.25) is 0 Å². The third-order valence-electron chi connectivity index (χ3n) is 4.68. The molecule has 0 spiro atoms. The van der Waals surface area contributed by atoms with Crippen molar-refractivity contribution in [3.05, 3.63) is 59.2 Å². The number of nitrogens with one attached hydrogen (secondary N) is 1. The zero-order chi connectivity index (χ0) is 17.8. The number of amides is 1. The van der Waals surface area contributed by atoms with Crippen LogP contribution in [0.15, 0.2) is 58.7 Å². The lowest BCUT2D eigenvalue weighted by Gasteiger charge is -2.31. The Labute approximate surface area is 156 Å². The van der Waals surface area contributed by atoms with Crippen molar-refractivity contribution in [2.45, 2.75) is 19.4 Å². The summed E-state index contributed by atoms with van der Waals surface area (Å²) in [5.74, 6) is 0.945. The zero-order valence-corrected chi connectivity index (χ0v) is 15.2. The highest BCUT2D eigenvalue weighted by atomic mass is 32.1. The van der Waals surface area contributed by atoms with Gasteiger partial charge in [-0.1, -0.05) is 0 Å². The summed E-state index contributed by atoms with van der Waals surface area (Å²) >= 11 is 1.67. The van der Waals surface area contributed by atoms with Gasteiger partial charge in [-0.25, -0.2) is 4.98 Å². The monoisotopic (exact) mass is 367 g/mol. The number of anilines is 1. The number of thiazole rings is 1. The number of furan rings is 1. The van der Waals surface area contributed by atoms with Gasteiger partial charge in [0.25, 0.3) is 0 Å². The molecule has 0 radical (unpaired) electrons. The number of rotatable bonds is 5. The Bertz CT molecular complexity index is 829. The molecule has 3 heterocycles. The van der Waals surface area contributed by atoms with E-state index in [0.29, 0.717) is 0 Å². The number of likely N-dealkylation sites (tertiary alicyclic amines) is 1. The lowest BCUT2D eigenvalue weighted by atomic mass is 9.97. The maximum absolute atomic E-state index is 12.7. The first-order chi connectivity index (χ1) is 12.8.